The number of nitro benzene ring substituents is 3. The maximum Gasteiger partial charge on any atom is 0.410 e. The molecule has 1 saturated heterocycles. The summed E-state index contributed by atoms with van der Waals surface area (Å²) in [6.07, 6.45) is -13.9. The molecule has 2 saturated carbocycles. The number of alkyl carbamates (subject to hydrolysis) is 3. The van der Waals surface area contributed by atoms with Crippen molar-refractivity contribution in [2.24, 2.45) is 5.92 Å². The molecule has 2 aliphatic carbocycles. The molecule has 480 valence electrons. The molecule has 0 bridgehead atoms. The van der Waals surface area contributed by atoms with Gasteiger partial charge in [0.05, 0.1) is 52.1 Å². The molecule has 3 aromatic rings. The van der Waals surface area contributed by atoms with Gasteiger partial charge in [0, 0.05) is 50.0 Å². The van der Waals surface area contributed by atoms with Crippen LogP contribution in [0.25, 0.3) is 0 Å². The number of amides is 5. The lowest BCUT2D eigenvalue weighted by molar-refractivity contribution is -0.385. The summed E-state index contributed by atoms with van der Waals surface area (Å²) in [5.74, 6) is -0.298. The van der Waals surface area contributed by atoms with Crippen LogP contribution in [0.3, 0.4) is 0 Å². The topological polar surface area (TPSA) is 433 Å². The molecular weight excluding hydrogens is 1170 g/mol. The Bertz CT molecular complexity index is 2960. The van der Waals surface area contributed by atoms with Gasteiger partial charge in [-0.15, -0.1) is 0 Å². The van der Waals surface area contributed by atoms with Crippen LogP contribution in [-0.2, 0) is 62.5 Å². The molecule has 0 unspecified atom stereocenters. The number of non-ortho nitro benzene ring substituents is 3. The van der Waals surface area contributed by atoms with Gasteiger partial charge in [-0.05, 0) is 131 Å². The SMILES string of the molecule is CN(C(=O)OC(C)(C)C)[C@@H]1[C@@H](O)[C@@H](O[C@@H]2[C@@H](O)[C@H](O[C@H]3OC(CNCC4CC4)=CC[C@H]3NC(=O)OCc3ccc([N+](=O)[O-])cc3)[C@@H](NC(=O)OCc3ccc([N+](=O)[O-])cc3)C[C@H]2NC(=O)[C@@H](O)CCNC(=O)OCc2ccc([N+](=O)[O-])cc2)OC[C@]1(C)O. The van der Waals surface area contributed by atoms with Gasteiger partial charge in [-0.25, -0.2) is 19.2 Å². The summed E-state index contributed by atoms with van der Waals surface area (Å²) in [4.78, 5) is 100. The first-order valence-corrected chi connectivity index (χ1v) is 28.1. The number of rotatable bonds is 25. The summed E-state index contributed by atoms with van der Waals surface area (Å²) in [5.41, 5.74) is -2.42. The molecule has 4 aliphatic rings. The van der Waals surface area contributed by atoms with E-state index in [9.17, 15) is 74.7 Å². The molecule has 88 heavy (non-hydrogen) atoms. The Labute approximate surface area is 503 Å². The van der Waals surface area contributed by atoms with Crippen LogP contribution >= 0.6 is 0 Å². The van der Waals surface area contributed by atoms with E-state index >= 15 is 0 Å². The number of carbonyl (C=O) groups is 5. The summed E-state index contributed by atoms with van der Waals surface area (Å²) in [6, 6.07) is 10.0. The van der Waals surface area contributed by atoms with E-state index in [2.05, 4.69) is 26.6 Å². The van der Waals surface area contributed by atoms with Crippen molar-refractivity contribution in [1.29, 1.82) is 0 Å². The maximum absolute atomic E-state index is 14.1. The largest absolute Gasteiger partial charge is 0.466 e. The van der Waals surface area contributed by atoms with E-state index in [4.69, 9.17) is 37.9 Å². The molecule has 0 radical (unpaired) electrons. The Morgan fingerprint density at radius 3 is 1.68 bits per heavy atom. The van der Waals surface area contributed by atoms with Crippen molar-refractivity contribution in [2.75, 3.05) is 33.3 Å². The van der Waals surface area contributed by atoms with Crippen molar-refractivity contribution in [2.45, 2.75) is 158 Å². The minimum Gasteiger partial charge on any atom is -0.466 e. The molecule has 32 heteroatoms. The fraction of sp³-hybridized carbons (Fsp3) is 0.554. The third-order valence-corrected chi connectivity index (χ3v) is 14.5. The van der Waals surface area contributed by atoms with Crippen LogP contribution in [0.4, 0.5) is 36.2 Å². The first-order valence-electron chi connectivity index (χ1n) is 28.1. The standard InChI is InChI=1S/C56H73N9O23/c1-55(2,3)88-54(73)62(5)47-44(68)50(84-30-56(47,4)74)87-45-40(59-48(69)42(66)22-23-58-51(70)81-27-32-8-14-35(15-9-32)63(75)76)24-41(61-53(72)83-29-34-12-18-37(19-13-34)65(79)80)46(43(45)67)86-49-39(21-20-38(85-49)26-57-25-31-6-7-31)60-52(71)82-28-33-10-16-36(17-11-33)64(77)78/h8-20,31,39-47,49-50,57,66-68,74H,6-7,21-30H2,1-5H3,(H,58,70)(H,59,69)(H,60,71)(H,61,72)/t39-,40-,41+,42+,43-,44-,45+,46-,47-,49-,50-,56+/m1/s1. The lowest BCUT2D eigenvalue weighted by Gasteiger charge is -2.50. The first-order chi connectivity index (χ1) is 41.6. The molecule has 9 N–H and O–H groups in total. The second kappa shape index (κ2) is 30.0. The van der Waals surface area contributed by atoms with Crippen LogP contribution in [0.1, 0.15) is 76.5 Å². The van der Waals surface area contributed by atoms with Gasteiger partial charge in [0.2, 0.25) is 12.2 Å². The second-order valence-corrected chi connectivity index (χ2v) is 22.8. The van der Waals surface area contributed by atoms with Crippen molar-refractivity contribution in [3.8, 4) is 0 Å². The number of hydrogen-bond acceptors (Lipinski definition) is 24. The van der Waals surface area contributed by atoms with Crippen LogP contribution in [0.15, 0.2) is 84.6 Å². The fourth-order valence-electron chi connectivity index (χ4n) is 9.79. The van der Waals surface area contributed by atoms with Crippen LogP contribution in [0, 0.1) is 36.3 Å². The Balaban J connectivity index is 1.17. The molecule has 2 aliphatic heterocycles. The van der Waals surface area contributed by atoms with Gasteiger partial charge in [0.15, 0.2) is 6.29 Å². The van der Waals surface area contributed by atoms with E-state index in [1.807, 2.05) is 0 Å². The molecule has 3 aromatic carbocycles. The van der Waals surface area contributed by atoms with Crippen molar-refractivity contribution in [1.82, 2.24) is 31.5 Å². The zero-order valence-corrected chi connectivity index (χ0v) is 48.8. The summed E-state index contributed by atoms with van der Waals surface area (Å²) in [5, 5.41) is 95.0. The highest BCUT2D eigenvalue weighted by Crippen LogP contribution is 2.35. The number of likely N-dealkylation sites (N-methyl/N-ethyl adjacent to an activating group) is 1. The quantitative estimate of drug-likeness (QED) is 0.0334. The van der Waals surface area contributed by atoms with E-state index in [0.717, 1.165) is 17.7 Å². The molecular formula is C56H73N9O23. The number of aliphatic hydroxyl groups excluding tert-OH is 3. The normalized spacial score (nSPS) is 25.4. The predicted molar refractivity (Wildman–Crippen MR) is 302 cm³/mol. The lowest BCUT2D eigenvalue weighted by Crippen LogP contribution is -2.70. The van der Waals surface area contributed by atoms with E-state index in [-0.39, 0.29) is 49.8 Å². The van der Waals surface area contributed by atoms with Crippen LogP contribution < -0.4 is 26.6 Å². The van der Waals surface area contributed by atoms with E-state index in [1.54, 1.807) is 26.8 Å². The highest BCUT2D eigenvalue weighted by Gasteiger charge is 2.55. The Hall–Kier alpha value is -8.37. The number of benzene rings is 3. The Morgan fingerprint density at radius 1 is 0.716 bits per heavy atom. The summed E-state index contributed by atoms with van der Waals surface area (Å²) >= 11 is 0. The van der Waals surface area contributed by atoms with Gasteiger partial charge >= 0.3 is 24.4 Å². The molecule has 7 rings (SSSR count). The van der Waals surface area contributed by atoms with Crippen molar-refractivity contribution < 1.29 is 97.1 Å². The second-order valence-electron chi connectivity index (χ2n) is 22.8. The third kappa shape index (κ3) is 19.3. The number of hydrogen-bond donors (Lipinski definition) is 9. The maximum atomic E-state index is 14.1. The van der Waals surface area contributed by atoms with E-state index in [0.29, 0.717) is 34.9 Å². The average Bonchev–Trinajstić information content (AvgIpc) is 1.22. The molecule has 3 fully saturated rings. The molecule has 0 aromatic heterocycles. The van der Waals surface area contributed by atoms with Crippen LogP contribution in [-0.4, -0.2) is 182 Å². The van der Waals surface area contributed by atoms with Crippen molar-refractivity contribution >= 4 is 47.3 Å². The number of nitrogens with one attached hydrogen (secondary N) is 5. The van der Waals surface area contributed by atoms with Gasteiger partial charge in [-0.1, -0.05) is 0 Å². The molecule has 12 atom stereocenters. The predicted octanol–water partition coefficient (Wildman–Crippen LogP) is 3.33. The zero-order chi connectivity index (χ0) is 64.0. The number of ether oxygens (including phenoxy) is 8. The summed E-state index contributed by atoms with van der Waals surface area (Å²) < 4.78 is 47.0. The lowest BCUT2D eigenvalue weighted by atomic mass is 9.82. The third-order valence-electron chi connectivity index (χ3n) is 14.5. The first kappa shape index (κ1) is 67.1. The van der Waals surface area contributed by atoms with Crippen LogP contribution in [0.5, 0.6) is 0 Å². The highest BCUT2D eigenvalue weighted by molar-refractivity contribution is 5.81. The van der Waals surface area contributed by atoms with Gasteiger partial charge in [-0.3, -0.25) is 35.1 Å². The molecule has 5 amide bonds. The number of nitrogens with zero attached hydrogens (tertiary/aromatic N) is 4. The minimum atomic E-state index is -2.05. The Morgan fingerprint density at radius 2 is 1.19 bits per heavy atom. The van der Waals surface area contributed by atoms with Crippen LogP contribution in [0.2, 0.25) is 0 Å². The van der Waals surface area contributed by atoms with Gasteiger partial charge < -0.3 is 89.8 Å². The molecule has 0 spiro atoms. The Kier molecular flexibility index (Phi) is 22.9. The zero-order valence-electron chi connectivity index (χ0n) is 48.8. The summed E-state index contributed by atoms with van der Waals surface area (Å²) in [6.45, 7) is 4.99. The van der Waals surface area contributed by atoms with Gasteiger partial charge in [-0.2, -0.15) is 0 Å². The van der Waals surface area contributed by atoms with Crippen molar-refractivity contribution in [3.05, 3.63) is 132 Å². The minimum absolute atomic E-state index is 0.0351. The highest BCUT2D eigenvalue weighted by atomic mass is 16.7. The smallest absolute Gasteiger partial charge is 0.410 e. The molecule has 32 nitrogen and oxygen atoms in total. The van der Waals surface area contributed by atoms with Gasteiger partial charge in [0.25, 0.3) is 17.1 Å². The van der Waals surface area contributed by atoms with Gasteiger partial charge in [0.1, 0.15) is 67.3 Å². The molecule has 2 heterocycles. The fourth-order valence-corrected chi connectivity index (χ4v) is 9.79. The van der Waals surface area contributed by atoms with E-state index < -0.39 is 150 Å². The summed E-state index contributed by atoms with van der Waals surface area (Å²) in [7, 11) is 1.26. The average molecular weight is 1240 g/mol. The van der Waals surface area contributed by atoms with E-state index in [1.165, 1.54) is 86.8 Å². The number of carbonyl (C=O) groups excluding carboxylic acids is 5. The monoisotopic (exact) mass is 1240 g/mol. The van der Waals surface area contributed by atoms with Crippen molar-refractivity contribution in [3.63, 3.8) is 0 Å². The number of nitro groups is 3. The number of aliphatic hydroxyl groups is 4.